The van der Waals surface area contributed by atoms with Crippen molar-refractivity contribution in [3.8, 4) is 0 Å². The third-order valence-corrected chi connectivity index (χ3v) is 2.93. The van der Waals surface area contributed by atoms with Gasteiger partial charge in [0.1, 0.15) is 0 Å². The number of nitrogens with one attached hydrogen (secondary N) is 2. The Balaban J connectivity index is 2.17. The van der Waals surface area contributed by atoms with Crippen molar-refractivity contribution in [1.82, 2.24) is 15.6 Å². The van der Waals surface area contributed by atoms with Crippen LogP contribution >= 0.6 is 0 Å². The molecule has 0 saturated carbocycles. The largest absolute Gasteiger partial charge is 0.352 e. The number of carbonyl (C=O) groups is 1. The molecule has 1 aromatic rings. The average Bonchev–Trinajstić information content (AvgIpc) is 2.35. The first-order chi connectivity index (χ1) is 8.18. The number of aromatic nitrogens is 1. The van der Waals surface area contributed by atoms with Gasteiger partial charge in [-0.2, -0.15) is 0 Å². The van der Waals surface area contributed by atoms with Gasteiger partial charge in [-0.25, -0.2) is 0 Å². The van der Waals surface area contributed by atoms with Crippen LogP contribution in [0, 0.1) is 5.92 Å². The molecule has 2 rings (SSSR count). The summed E-state index contributed by atoms with van der Waals surface area (Å²) in [5, 5.41) is 6.23. The fourth-order valence-corrected chi connectivity index (χ4v) is 2.00. The minimum atomic E-state index is 0.00458. The van der Waals surface area contributed by atoms with Crippen molar-refractivity contribution in [2.75, 3.05) is 13.1 Å². The number of carbonyl (C=O) groups excluding carboxylic acids is 1. The lowest BCUT2D eigenvalue weighted by Crippen LogP contribution is -2.31. The molecule has 1 amide bonds. The molecule has 0 aromatic carbocycles. The van der Waals surface area contributed by atoms with Crippen molar-refractivity contribution >= 4 is 5.91 Å². The molecule has 0 unspecified atom stereocenters. The third kappa shape index (κ3) is 2.82. The van der Waals surface area contributed by atoms with Crippen LogP contribution in [0.2, 0.25) is 0 Å². The van der Waals surface area contributed by atoms with E-state index in [1.807, 2.05) is 6.20 Å². The van der Waals surface area contributed by atoms with Crippen molar-refractivity contribution in [1.29, 1.82) is 0 Å². The van der Waals surface area contributed by atoms with E-state index >= 15 is 0 Å². The molecule has 4 heteroatoms. The Hall–Kier alpha value is -1.42. The Kier molecular flexibility index (Phi) is 3.74. The zero-order chi connectivity index (χ0) is 12.3. The third-order valence-electron chi connectivity index (χ3n) is 2.93. The first kappa shape index (κ1) is 12.0. The molecule has 0 atom stereocenters. The van der Waals surface area contributed by atoms with Gasteiger partial charge < -0.3 is 10.6 Å². The monoisotopic (exact) mass is 233 g/mol. The van der Waals surface area contributed by atoms with Crippen molar-refractivity contribution in [2.24, 2.45) is 5.92 Å². The molecule has 1 aromatic heterocycles. The quantitative estimate of drug-likeness (QED) is 0.822. The molecule has 0 radical (unpaired) electrons. The summed E-state index contributed by atoms with van der Waals surface area (Å²) in [6, 6.07) is 0. The Labute approximate surface area is 102 Å². The molecule has 1 aliphatic rings. The van der Waals surface area contributed by atoms with Crippen LogP contribution in [0.4, 0.5) is 0 Å². The highest BCUT2D eigenvalue weighted by Crippen LogP contribution is 2.17. The summed E-state index contributed by atoms with van der Waals surface area (Å²) in [5.74, 6) is 0.470. The van der Waals surface area contributed by atoms with E-state index in [9.17, 15) is 4.79 Å². The van der Waals surface area contributed by atoms with Gasteiger partial charge in [-0.15, -0.1) is 0 Å². The molecular weight excluding hydrogens is 214 g/mol. The lowest BCUT2D eigenvalue weighted by Gasteiger charge is -2.19. The molecule has 0 fully saturated rings. The van der Waals surface area contributed by atoms with E-state index in [1.54, 1.807) is 6.20 Å². The first-order valence-electron chi connectivity index (χ1n) is 6.13. The van der Waals surface area contributed by atoms with Crippen LogP contribution in [0.5, 0.6) is 0 Å². The van der Waals surface area contributed by atoms with E-state index in [2.05, 4.69) is 29.5 Å². The molecule has 0 saturated heterocycles. The van der Waals surface area contributed by atoms with E-state index in [0.29, 0.717) is 12.5 Å². The number of amides is 1. The Morgan fingerprint density at radius 3 is 3.12 bits per heavy atom. The summed E-state index contributed by atoms with van der Waals surface area (Å²) < 4.78 is 0. The first-order valence-corrected chi connectivity index (χ1v) is 6.13. The molecule has 0 bridgehead atoms. The average molecular weight is 233 g/mol. The summed E-state index contributed by atoms with van der Waals surface area (Å²) in [6.07, 6.45) is 4.43. The van der Waals surface area contributed by atoms with Gasteiger partial charge in [0.2, 0.25) is 0 Å². The summed E-state index contributed by atoms with van der Waals surface area (Å²) in [4.78, 5) is 16.2. The van der Waals surface area contributed by atoms with Gasteiger partial charge in [0, 0.05) is 25.5 Å². The topological polar surface area (TPSA) is 54.0 Å². The lowest BCUT2D eigenvalue weighted by molar-refractivity contribution is 0.0947. The van der Waals surface area contributed by atoms with Crippen LogP contribution in [0.3, 0.4) is 0 Å². The molecule has 0 spiro atoms. The van der Waals surface area contributed by atoms with Crippen molar-refractivity contribution < 1.29 is 4.79 Å². The van der Waals surface area contributed by atoms with Gasteiger partial charge >= 0.3 is 0 Å². The standard InChI is InChI=1S/C13H19N3O/c1-9(2)5-16-13(17)12-8-15-7-10-6-14-4-3-11(10)12/h7-9,14H,3-6H2,1-2H3,(H,16,17). The molecule has 2 heterocycles. The summed E-state index contributed by atoms with van der Waals surface area (Å²) in [5.41, 5.74) is 3.04. The number of hydrogen-bond acceptors (Lipinski definition) is 3. The minimum absolute atomic E-state index is 0.00458. The molecule has 0 aliphatic carbocycles. The molecule has 1 aliphatic heterocycles. The summed E-state index contributed by atoms with van der Waals surface area (Å²) >= 11 is 0. The van der Waals surface area contributed by atoms with Crippen molar-refractivity contribution in [3.63, 3.8) is 0 Å². The number of rotatable bonds is 3. The maximum Gasteiger partial charge on any atom is 0.253 e. The van der Waals surface area contributed by atoms with Gasteiger partial charge in [-0.3, -0.25) is 9.78 Å². The molecule has 92 valence electrons. The molecule has 17 heavy (non-hydrogen) atoms. The van der Waals surface area contributed by atoms with Crippen molar-refractivity contribution in [3.05, 3.63) is 29.1 Å². The van der Waals surface area contributed by atoms with Gasteiger partial charge in [0.15, 0.2) is 0 Å². The van der Waals surface area contributed by atoms with E-state index < -0.39 is 0 Å². The minimum Gasteiger partial charge on any atom is -0.352 e. The molecular formula is C13H19N3O. The zero-order valence-corrected chi connectivity index (χ0v) is 10.4. The van der Waals surface area contributed by atoms with Crippen LogP contribution in [-0.4, -0.2) is 24.0 Å². The van der Waals surface area contributed by atoms with E-state index in [4.69, 9.17) is 0 Å². The number of pyridine rings is 1. The van der Waals surface area contributed by atoms with Gasteiger partial charge in [0.05, 0.1) is 5.56 Å². The Morgan fingerprint density at radius 2 is 2.35 bits per heavy atom. The highest BCUT2D eigenvalue weighted by Gasteiger charge is 2.17. The van der Waals surface area contributed by atoms with E-state index in [1.165, 1.54) is 0 Å². The molecule has 2 N–H and O–H groups in total. The van der Waals surface area contributed by atoms with Crippen LogP contribution in [0.25, 0.3) is 0 Å². The smallest absolute Gasteiger partial charge is 0.253 e. The second-order valence-electron chi connectivity index (χ2n) is 4.86. The fraction of sp³-hybridized carbons (Fsp3) is 0.538. The van der Waals surface area contributed by atoms with Crippen LogP contribution < -0.4 is 10.6 Å². The Bertz CT molecular complexity index is 415. The van der Waals surface area contributed by atoms with Gasteiger partial charge in [-0.1, -0.05) is 13.8 Å². The van der Waals surface area contributed by atoms with E-state index in [-0.39, 0.29) is 5.91 Å². The second-order valence-corrected chi connectivity index (χ2v) is 4.86. The van der Waals surface area contributed by atoms with Crippen LogP contribution in [0.15, 0.2) is 12.4 Å². The number of fused-ring (bicyclic) bond motifs is 1. The van der Waals surface area contributed by atoms with E-state index in [0.717, 1.165) is 36.2 Å². The van der Waals surface area contributed by atoms with Crippen LogP contribution in [-0.2, 0) is 13.0 Å². The zero-order valence-electron chi connectivity index (χ0n) is 10.4. The van der Waals surface area contributed by atoms with Crippen LogP contribution in [0.1, 0.15) is 35.3 Å². The molecule has 4 nitrogen and oxygen atoms in total. The maximum absolute atomic E-state index is 12.0. The highest BCUT2D eigenvalue weighted by atomic mass is 16.1. The van der Waals surface area contributed by atoms with Gasteiger partial charge in [-0.05, 0) is 30.0 Å². The highest BCUT2D eigenvalue weighted by molar-refractivity contribution is 5.95. The second kappa shape index (κ2) is 5.27. The number of nitrogens with zero attached hydrogens (tertiary/aromatic N) is 1. The summed E-state index contributed by atoms with van der Waals surface area (Å²) in [7, 11) is 0. The fourth-order valence-electron chi connectivity index (χ4n) is 2.00. The normalized spacial score (nSPS) is 14.5. The Morgan fingerprint density at radius 1 is 1.53 bits per heavy atom. The van der Waals surface area contributed by atoms with Gasteiger partial charge in [0.25, 0.3) is 5.91 Å². The maximum atomic E-state index is 12.0. The summed E-state index contributed by atoms with van der Waals surface area (Å²) in [6.45, 7) is 6.63. The lowest BCUT2D eigenvalue weighted by atomic mass is 9.98. The van der Waals surface area contributed by atoms with Crippen molar-refractivity contribution in [2.45, 2.75) is 26.8 Å². The predicted molar refractivity (Wildman–Crippen MR) is 66.8 cm³/mol. The number of hydrogen-bond donors (Lipinski definition) is 2. The predicted octanol–water partition coefficient (Wildman–Crippen LogP) is 1.11. The SMILES string of the molecule is CC(C)CNC(=O)c1cncc2c1CCNC2.